The molecule has 0 radical (unpaired) electrons. The van der Waals surface area contributed by atoms with Crippen molar-refractivity contribution in [2.24, 2.45) is 5.92 Å². The molecule has 3 aliphatic rings. The van der Waals surface area contributed by atoms with Gasteiger partial charge >= 0.3 is 0 Å². The Kier molecular flexibility index (Phi) is 1.11. The first-order valence-electron chi connectivity index (χ1n) is 3.47. The van der Waals surface area contributed by atoms with Crippen molar-refractivity contribution in [2.75, 3.05) is 0 Å². The maximum absolute atomic E-state index is 2.66. The topological polar surface area (TPSA) is 0 Å². The third kappa shape index (κ3) is 0.703. The molecule has 0 saturated heterocycles. The lowest BCUT2D eigenvalue weighted by Gasteiger charge is -2.48. The summed E-state index contributed by atoms with van der Waals surface area (Å²) in [6.07, 6.45) is 7.61. The van der Waals surface area contributed by atoms with Gasteiger partial charge in [-0.1, -0.05) is 35.4 Å². The van der Waals surface area contributed by atoms with Gasteiger partial charge in [0.2, 0.25) is 0 Å². The second kappa shape index (κ2) is 1.61. The van der Waals surface area contributed by atoms with Crippen LogP contribution in [-0.4, -0.2) is 3.42 Å². The van der Waals surface area contributed by atoms with Gasteiger partial charge in [-0.25, -0.2) is 0 Å². The Labute approximate surface area is 64.2 Å². The van der Waals surface area contributed by atoms with Crippen LogP contribution in [-0.2, 0) is 0 Å². The molecular formula is C7H11I. The molecular weight excluding hydrogens is 211 g/mol. The molecule has 3 saturated carbocycles. The zero-order valence-electron chi connectivity index (χ0n) is 4.99. The molecule has 0 aliphatic heterocycles. The van der Waals surface area contributed by atoms with Crippen LogP contribution in [0.4, 0.5) is 0 Å². The summed E-state index contributed by atoms with van der Waals surface area (Å²) in [6.45, 7) is 0. The Hall–Kier alpha value is 0.730. The molecule has 0 aromatic rings. The van der Waals surface area contributed by atoms with Crippen LogP contribution in [0, 0.1) is 5.92 Å². The normalized spacial score (nSPS) is 52.9. The third-order valence-electron chi connectivity index (χ3n) is 2.55. The standard InChI is InChI=1S/C7H11I/c8-7-3-1-2-6(4-7)5-7/h6H,1-5H2. The van der Waals surface area contributed by atoms with Crippen molar-refractivity contribution >= 4 is 22.6 Å². The van der Waals surface area contributed by atoms with E-state index in [1.54, 1.807) is 0 Å². The Morgan fingerprint density at radius 1 is 1.38 bits per heavy atom. The van der Waals surface area contributed by atoms with Crippen LogP contribution in [0.2, 0.25) is 0 Å². The minimum absolute atomic E-state index is 0.792. The highest BCUT2D eigenvalue weighted by molar-refractivity contribution is 14.1. The van der Waals surface area contributed by atoms with E-state index in [9.17, 15) is 0 Å². The molecule has 8 heavy (non-hydrogen) atoms. The van der Waals surface area contributed by atoms with Crippen LogP contribution < -0.4 is 0 Å². The van der Waals surface area contributed by atoms with Crippen molar-refractivity contribution < 1.29 is 0 Å². The van der Waals surface area contributed by atoms with Gasteiger partial charge < -0.3 is 0 Å². The van der Waals surface area contributed by atoms with E-state index in [1.165, 1.54) is 32.1 Å². The maximum Gasteiger partial charge on any atom is 0.0227 e. The quantitative estimate of drug-likeness (QED) is 0.436. The van der Waals surface area contributed by atoms with E-state index in [0.717, 1.165) is 9.34 Å². The average molecular weight is 222 g/mol. The lowest BCUT2D eigenvalue weighted by atomic mass is 9.65. The molecule has 46 valence electrons. The highest BCUT2D eigenvalue weighted by atomic mass is 127. The third-order valence-corrected chi connectivity index (χ3v) is 3.97. The zero-order valence-corrected chi connectivity index (χ0v) is 7.15. The molecule has 0 heterocycles. The number of hydrogen-bond acceptors (Lipinski definition) is 0. The van der Waals surface area contributed by atoms with Crippen molar-refractivity contribution in [2.45, 2.75) is 35.5 Å². The number of alkyl halides is 1. The van der Waals surface area contributed by atoms with Crippen molar-refractivity contribution in [3.63, 3.8) is 0 Å². The smallest absolute Gasteiger partial charge is 0.0227 e. The summed E-state index contributed by atoms with van der Waals surface area (Å²) >= 11 is 2.66. The van der Waals surface area contributed by atoms with E-state index < -0.39 is 0 Å². The Bertz CT molecular complexity index is 97.4. The van der Waals surface area contributed by atoms with Crippen molar-refractivity contribution in [3.05, 3.63) is 0 Å². The average Bonchev–Trinajstić information content (AvgIpc) is 1.63. The van der Waals surface area contributed by atoms with Crippen LogP contribution >= 0.6 is 22.6 Å². The predicted molar refractivity (Wildman–Crippen MR) is 43.3 cm³/mol. The highest BCUT2D eigenvalue weighted by Gasteiger charge is 2.44. The van der Waals surface area contributed by atoms with Crippen LogP contribution in [0.1, 0.15) is 32.1 Å². The fourth-order valence-electron chi connectivity index (χ4n) is 2.09. The van der Waals surface area contributed by atoms with Gasteiger partial charge in [-0.05, 0) is 25.2 Å². The Morgan fingerprint density at radius 3 is 2.38 bits per heavy atom. The lowest BCUT2D eigenvalue weighted by molar-refractivity contribution is 0.162. The molecule has 0 unspecified atom stereocenters. The van der Waals surface area contributed by atoms with E-state index in [0.29, 0.717) is 0 Å². The van der Waals surface area contributed by atoms with Gasteiger partial charge in [0.1, 0.15) is 0 Å². The molecule has 0 aromatic heterocycles. The molecule has 0 nitrogen and oxygen atoms in total. The second-order valence-electron chi connectivity index (χ2n) is 3.32. The minimum Gasteiger partial charge on any atom is -0.0789 e. The molecule has 3 rings (SSSR count). The molecule has 3 fully saturated rings. The SMILES string of the molecule is IC12CCCC(C1)C2. The van der Waals surface area contributed by atoms with Gasteiger partial charge in [0, 0.05) is 3.42 Å². The van der Waals surface area contributed by atoms with Crippen LogP contribution in [0.25, 0.3) is 0 Å². The molecule has 0 N–H and O–H groups in total. The molecule has 3 aliphatic carbocycles. The molecule has 0 spiro atoms. The van der Waals surface area contributed by atoms with Gasteiger partial charge in [0.05, 0.1) is 0 Å². The molecule has 1 heteroatoms. The van der Waals surface area contributed by atoms with Crippen LogP contribution in [0.15, 0.2) is 0 Å². The van der Waals surface area contributed by atoms with Gasteiger partial charge in [-0.3, -0.25) is 0 Å². The van der Waals surface area contributed by atoms with Gasteiger partial charge in [-0.15, -0.1) is 0 Å². The summed E-state index contributed by atoms with van der Waals surface area (Å²) < 4.78 is 0.792. The van der Waals surface area contributed by atoms with Crippen LogP contribution in [0.5, 0.6) is 0 Å². The maximum atomic E-state index is 2.66. The van der Waals surface area contributed by atoms with E-state index in [4.69, 9.17) is 0 Å². The largest absolute Gasteiger partial charge is 0.0789 e. The summed E-state index contributed by atoms with van der Waals surface area (Å²) in [5.74, 6) is 1.14. The van der Waals surface area contributed by atoms with Gasteiger partial charge in [0.15, 0.2) is 0 Å². The van der Waals surface area contributed by atoms with Gasteiger partial charge in [0.25, 0.3) is 0 Å². The molecule has 2 bridgehead atoms. The van der Waals surface area contributed by atoms with Crippen molar-refractivity contribution in [1.29, 1.82) is 0 Å². The minimum atomic E-state index is 0.792. The first-order valence-corrected chi connectivity index (χ1v) is 4.55. The molecule has 0 amide bonds. The fourth-order valence-corrected chi connectivity index (χ4v) is 3.72. The predicted octanol–water partition coefficient (Wildman–Crippen LogP) is 2.75. The fraction of sp³-hybridized carbons (Fsp3) is 1.00. The number of rotatable bonds is 0. The summed E-state index contributed by atoms with van der Waals surface area (Å²) in [6, 6.07) is 0. The van der Waals surface area contributed by atoms with Crippen molar-refractivity contribution in [3.8, 4) is 0 Å². The number of fused-ring (bicyclic) bond motifs is 2. The summed E-state index contributed by atoms with van der Waals surface area (Å²) in [5, 5.41) is 0. The monoisotopic (exact) mass is 222 g/mol. The van der Waals surface area contributed by atoms with Gasteiger partial charge in [-0.2, -0.15) is 0 Å². The zero-order chi connectivity index (χ0) is 5.61. The van der Waals surface area contributed by atoms with Crippen LogP contribution in [0.3, 0.4) is 0 Å². The lowest BCUT2D eigenvalue weighted by Crippen LogP contribution is -2.41. The Balaban J connectivity index is 2.06. The first-order chi connectivity index (χ1) is 3.79. The second-order valence-corrected chi connectivity index (χ2v) is 5.61. The van der Waals surface area contributed by atoms with E-state index in [2.05, 4.69) is 22.6 Å². The molecule has 0 atom stereocenters. The molecule has 0 aromatic carbocycles. The van der Waals surface area contributed by atoms with Crippen molar-refractivity contribution in [1.82, 2.24) is 0 Å². The van der Waals surface area contributed by atoms with E-state index in [-0.39, 0.29) is 0 Å². The Morgan fingerprint density at radius 2 is 2.12 bits per heavy atom. The van der Waals surface area contributed by atoms with E-state index >= 15 is 0 Å². The highest BCUT2D eigenvalue weighted by Crippen LogP contribution is 2.54. The summed E-state index contributed by atoms with van der Waals surface area (Å²) in [5.41, 5.74) is 0. The van der Waals surface area contributed by atoms with E-state index in [1.807, 2.05) is 0 Å². The number of hydrogen-bond donors (Lipinski definition) is 0. The first kappa shape index (κ1) is 5.51. The summed E-state index contributed by atoms with van der Waals surface area (Å²) in [7, 11) is 0. The number of halogens is 1. The summed E-state index contributed by atoms with van der Waals surface area (Å²) in [4.78, 5) is 0.